The first-order valence-corrected chi connectivity index (χ1v) is 6.60. The number of rotatable bonds is 5. The molecular formula is C14H18N2O4. The van der Waals surface area contributed by atoms with Crippen LogP contribution in [-0.2, 0) is 4.79 Å². The van der Waals surface area contributed by atoms with Crippen molar-refractivity contribution in [1.29, 1.82) is 0 Å². The lowest BCUT2D eigenvalue weighted by atomic mass is 10.1. The molecule has 20 heavy (non-hydrogen) atoms. The largest absolute Gasteiger partial charge is 0.480 e. The Morgan fingerprint density at radius 3 is 2.55 bits per heavy atom. The molecule has 0 bridgehead atoms. The van der Waals surface area contributed by atoms with Crippen molar-refractivity contribution in [3.05, 3.63) is 33.2 Å². The number of pyridine rings is 1. The third-order valence-corrected chi connectivity index (χ3v) is 3.37. The number of carboxylic acid groups (broad SMARTS) is 1. The second kappa shape index (κ2) is 5.48. The van der Waals surface area contributed by atoms with Crippen LogP contribution in [0.2, 0.25) is 0 Å². The lowest BCUT2D eigenvalue weighted by Gasteiger charge is -2.21. The van der Waals surface area contributed by atoms with Crippen LogP contribution in [0.1, 0.15) is 34.5 Å². The van der Waals surface area contributed by atoms with Crippen molar-refractivity contribution in [2.24, 2.45) is 5.92 Å². The number of H-pyrrole nitrogens is 1. The van der Waals surface area contributed by atoms with Crippen molar-refractivity contribution < 1.29 is 14.7 Å². The van der Waals surface area contributed by atoms with Crippen LogP contribution in [-0.4, -0.2) is 40.0 Å². The summed E-state index contributed by atoms with van der Waals surface area (Å²) < 4.78 is 0. The van der Waals surface area contributed by atoms with Gasteiger partial charge < -0.3 is 15.0 Å². The topological polar surface area (TPSA) is 90.5 Å². The van der Waals surface area contributed by atoms with Gasteiger partial charge in [-0.05, 0) is 44.2 Å². The van der Waals surface area contributed by atoms with E-state index in [4.69, 9.17) is 5.11 Å². The zero-order valence-electron chi connectivity index (χ0n) is 11.6. The van der Waals surface area contributed by atoms with E-state index in [2.05, 4.69) is 4.98 Å². The quantitative estimate of drug-likeness (QED) is 0.838. The van der Waals surface area contributed by atoms with E-state index in [-0.39, 0.29) is 12.1 Å². The number of aromatic nitrogens is 1. The molecule has 1 aliphatic carbocycles. The van der Waals surface area contributed by atoms with Gasteiger partial charge >= 0.3 is 5.97 Å². The Labute approximate surface area is 116 Å². The molecule has 1 fully saturated rings. The highest BCUT2D eigenvalue weighted by Gasteiger charge is 2.30. The fraction of sp³-hybridized carbons (Fsp3) is 0.500. The summed E-state index contributed by atoms with van der Waals surface area (Å²) in [5.74, 6) is -1.21. The van der Waals surface area contributed by atoms with Gasteiger partial charge in [0.2, 0.25) is 0 Å². The van der Waals surface area contributed by atoms with E-state index < -0.39 is 17.4 Å². The second-order valence-corrected chi connectivity index (χ2v) is 5.36. The van der Waals surface area contributed by atoms with Crippen LogP contribution in [0.25, 0.3) is 0 Å². The molecule has 0 unspecified atom stereocenters. The minimum absolute atomic E-state index is 0.0394. The van der Waals surface area contributed by atoms with Crippen LogP contribution < -0.4 is 5.56 Å². The van der Waals surface area contributed by atoms with Gasteiger partial charge in [-0.15, -0.1) is 0 Å². The summed E-state index contributed by atoms with van der Waals surface area (Å²) in [6.45, 7) is 3.45. The van der Waals surface area contributed by atoms with Crippen LogP contribution in [0.5, 0.6) is 0 Å². The number of aryl methyl sites for hydroxylation is 2. The molecule has 2 N–H and O–H groups in total. The summed E-state index contributed by atoms with van der Waals surface area (Å²) in [6, 6.07) is 1.71. The van der Waals surface area contributed by atoms with Gasteiger partial charge in [0, 0.05) is 12.2 Å². The van der Waals surface area contributed by atoms with Crippen molar-refractivity contribution in [3.8, 4) is 0 Å². The van der Waals surface area contributed by atoms with Crippen LogP contribution in [0.3, 0.4) is 0 Å². The fourth-order valence-electron chi connectivity index (χ4n) is 2.27. The Morgan fingerprint density at radius 1 is 1.40 bits per heavy atom. The molecule has 0 radical (unpaired) electrons. The monoisotopic (exact) mass is 278 g/mol. The Hall–Kier alpha value is -2.11. The molecular weight excluding hydrogens is 260 g/mol. The summed E-state index contributed by atoms with van der Waals surface area (Å²) in [7, 11) is 0. The van der Waals surface area contributed by atoms with Crippen molar-refractivity contribution in [1.82, 2.24) is 9.88 Å². The van der Waals surface area contributed by atoms with Crippen molar-refractivity contribution in [2.75, 3.05) is 13.1 Å². The number of carbonyl (C=O) groups excluding carboxylic acids is 1. The molecule has 1 heterocycles. The van der Waals surface area contributed by atoms with E-state index in [0.29, 0.717) is 23.7 Å². The van der Waals surface area contributed by atoms with Crippen molar-refractivity contribution in [2.45, 2.75) is 26.7 Å². The predicted molar refractivity (Wildman–Crippen MR) is 72.8 cm³/mol. The SMILES string of the molecule is Cc1cc(C)c(C(=O)N(CC(=O)O)CC2CC2)c(=O)[nH]1. The summed E-state index contributed by atoms with van der Waals surface area (Å²) in [5.41, 5.74) is 0.828. The van der Waals surface area contributed by atoms with Gasteiger partial charge in [-0.3, -0.25) is 14.4 Å². The predicted octanol–water partition coefficient (Wildman–Crippen LogP) is 0.929. The summed E-state index contributed by atoms with van der Waals surface area (Å²) >= 11 is 0. The maximum absolute atomic E-state index is 12.4. The highest BCUT2D eigenvalue weighted by atomic mass is 16.4. The standard InChI is InChI=1S/C14H18N2O4/c1-8-5-9(2)15-13(19)12(8)14(20)16(7-11(17)18)6-10-3-4-10/h5,10H,3-4,6-7H2,1-2H3,(H,15,19)(H,17,18). The number of hydrogen-bond donors (Lipinski definition) is 2. The van der Waals surface area contributed by atoms with Crippen LogP contribution in [0.15, 0.2) is 10.9 Å². The Bertz CT molecular complexity index is 602. The van der Waals surface area contributed by atoms with E-state index in [1.165, 1.54) is 4.90 Å². The smallest absolute Gasteiger partial charge is 0.323 e. The van der Waals surface area contributed by atoms with E-state index in [9.17, 15) is 14.4 Å². The maximum Gasteiger partial charge on any atom is 0.323 e. The minimum Gasteiger partial charge on any atom is -0.480 e. The van der Waals surface area contributed by atoms with Crippen LogP contribution in [0, 0.1) is 19.8 Å². The number of aliphatic carboxylic acids is 1. The van der Waals surface area contributed by atoms with Crippen LogP contribution in [0.4, 0.5) is 0 Å². The normalized spacial score (nSPS) is 14.1. The Balaban J connectivity index is 2.30. The number of aromatic amines is 1. The first-order valence-electron chi connectivity index (χ1n) is 6.60. The van der Waals surface area contributed by atoms with Gasteiger partial charge in [0.15, 0.2) is 0 Å². The van der Waals surface area contributed by atoms with Crippen LogP contribution >= 0.6 is 0 Å². The molecule has 1 aromatic heterocycles. The third kappa shape index (κ3) is 3.26. The van der Waals surface area contributed by atoms with E-state index in [1.807, 2.05) is 0 Å². The number of nitrogens with one attached hydrogen (secondary N) is 1. The molecule has 1 aromatic rings. The summed E-state index contributed by atoms with van der Waals surface area (Å²) in [6.07, 6.45) is 2.01. The minimum atomic E-state index is -1.07. The molecule has 108 valence electrons. The van der Waals surface area contributed by atoms with Crippen molar-refractivity contribution in [3.63, 3.8) is 0 Å². The molecule has 0 atom stereocenters. The number of hydrogen-bond acceptors (Lipinski definition) is 3. The maximum atomic E-state index is 12.4. The third-order valence-electron chi connectivity index (χ3n) is 3.37. The lowest BCUT2D eigenvalue weighted by molar-refractivity contribution is -0.137. The van der Waals surface area contributed by atoms with Gasteiger partial charge in [0.25, 0.3) is 11.5 Å². The second-order valence-electron chi connectivity index (χ2n) is 5.36. The highest BCUT2D eigenvalue weighted by molar-refractivity contribution is 5.96. The molecule has 0 aromatic carbocycles. The van der Waals surface area contributed by atoms with E-state index >= 15 is 0 Å². The lowest BCUT2D eigenvalue weighted by Crippen LogP contribution is -2.40. The molecule has 1 amide bonds. The van der Waals surface area contributed by atoms with Gasteiger partial charge in [0.1, 0.15) is 12.1 Å². The molecule has 0 spiro atoms. The zero-order valence-corrected chi connectivity index (χ0v) is 11.6. The molecule has 1 aliphatic rings. The van der Waals surface area contributed by atoms with Gasteiger partial charge in [-0.25, -0.2) is 0 Å². The molecule has 0 aliphatic heterocycles. The number of carbonyl (C=O) groups is 2. The number of amides is 1. The first kappa shape index (κ1) is 14.3. The Kier molecular flexibility index (Phi) is 3.92. The molecule has 6 heteroatoms. The average molecular weight is 278 g/mol. The zero-order chi connectivity index (χ0) is 14.9. The molecule has 2 rings (SSSR count). The molecule has 1 saturated carbocycles. The first-order chi connectivity index (χ1) is 9.38. The number of nitrogens with zero attached hydrogens (tertiary/aromatic N) is 1. The fourth-order valence-corrected chi connectivity index (χ4v) is 2.27. The Morgan fingerprint density at radius 2 is 2.05 bits per heavy atom. The summed E-state index contributed by atoms with van der Waals surface area (Å²) in [5, 5.41) is 8.92. The van der Waals surface area contributed by atoms with Crippen molar-refractivity contribution >= 4 is 11.9 Å². The summed E-state index contributed by atoms with van der Waals surface area (Å²) in [4.78, 5) is 39.1. The van der Waals surface area contributed by atoms with E-state index in [1.54, 1.807) is 19.9 Å². The van der Waals surface area contributed by atoms with Gasteiger partial charge in [-0.2, -0.15) is 0 Å². The number of carboxylic acids is 1. The molecule has 6 nitrogen and oxygen atoms in total. The van der Waals surface area contributed by atoms with Gasteiger partial charge in [0.05, 0.1) is 0 Å². The average Bonchev–Trinajstić information content (AvgIpc) is 3.09. The highest BCUT2D eigenvalue weighted by Crippen LogP contribution is 2.30. The van der Waals surface area contributed by atoms with Gasteiger partial charge in [-0.1, -0.05) is 0 Å². The molecule has 0 saturated heterocycles. The van der Waals surface area contributed by atoms with E-state index in [0.717, 1.165) is 12.8 Å².